The fraction of sp³-hybridized carbons (Fsp3) is 0.412. The number of anilines is 2. The minimum Gasteiger partial charge on any atom is -0.312 e. The molecule has 0 bridgehead atoms. The normalized spacial score (nSPS) is 18.2. The van der Waals surface area contributed by atoms with Gasteiger partial charge in [-0.25, -0.2) is 0 Å². The van der Waals surface area contributed by atoms with Gasteiger partial charge in [0.2, 0.25) is 16.9 Å². The van der Waals surface area contributed by atoms with E-state index < -0.39 is 5.92 Å². The van der Waals surface area contributed by atoms with E-state index in [4.69, 9.17) is 11.6 Å². The molecular formula is C17H19ClN4O2S2. The van der Waals surface area contributed by atoms with Crippen LogP contribution in [-0.4, -0.2) is 33.8 Å². The molecule has 3 rings (SSSR count). The Hall–Kier alpha value is -1.64. The zero-order chi connectivity index (χ0) is 18.7. The van der Waals surface area contributed by atoms with Gasteiger partial charge in [0, 0.05) is 28.9 Å². The Kier molecular flexibility index (Phi) is 6.16. The van der Waals surface area contributed by atoms with E-state index in [9.17, 15) is 9.59 Å². The van der Waals surface area contributed by atoms with Crippen molar-refractivity contribution in [3.8, 4) is 0 Å². The summed E-state index contributed by atoms with van der Waals surface area (Å²) in [7, 11) is 0. The van der Waals surface area contributed by atoms with Crippen molar-refractivity contribution < 1.29 is 9.59 Å². The molecule has 1 fully saturated rings. The molecule has 1 aliphatic heterocycles. The van der Waals surface area contributed by atoms with Crippen molar-refractivity contribution in [3.63, 3.8) is 0 Å². The summed E-state index contributed by atoms with van der Waals surface area (Å²) >= 11 is 8.89. The quantitative estimate of drug-likeness (QED) is 0.573. The van der Waals surface area contributed by atoms with Gasteiger partial charge in [-0.2, -0.15) is 0 Å². The maximum atomic E-state index is 12.5. The Bertz CT molecular complexity index is 796. The Balaban J connectivity index is 1.60. The van der Waals surface area contributed by atoms with E-state index in [0.717, 1.165) is 16.4 Å². The number of carbonyl (C=O) groups is 2. The van der Waals surface area contributed by atoms with Crippen LogP contribution in [0.25, 0.3) is 0 Å². The first-order valence-electron chi connectivity index (χ1n) is 8.33. The molecule has 6 nitrogen and oxygen atoms in total. The third kappa shape index (κ3) is 4.55. The van der Waals surface area contributed by atoms with Crippen molar-refractivity contribution in [1.29, 1.82) is 0 Å². The standard InChI is InChI=1S/C17H19ClN4O2S2/c1-3-10(2)25-17-21-20-16(26-17)19-15(24)11-8-14(23)22(9-11)13-6-4-12(18)5-7-13/h4-7,10-11H,3,8-9H2,1-2H3,(H,19,20,24). The lowest BCUT2D eigenvalue weighted by Crippen LogP contribution is -2.28. The number of aromatic nitrogens is 2. The van der Waals surface area contributed by atoms with Crippen LogP contribution in [0.1, 0.15) is 26.7 Å². The zero-order valence-electron chi connectivity index (χ0n) is 14.4. The third-order valence-electron chi connectivity index (χ3n) is 4.15. The van der Waals surface area contributed by atoms with E-state index in [0.29, 0.717) is 21.9 Å². The van der Waals surface area contributed by atoms with Gasteiger partial charge in [0.05, 0.1) is 5.92 Å². The van der Waals surface area contributed by atoms with Crippen LogP contribution in [0.15, 0.2) is 28.6 Å². The lowest BCUT2D eigenvalue weighted by molar-refractivity contribution is -0.122. The minimum absolute atomic E-state index is 0.0715. The molecule has 2 unspecified atom stereocenters. The van der Waals surface area contributed by atoms with E-state index in [1.54, 1.807) is 40.9 Å². The minimum atomic E-state index is -0.409. The summed E-state index contributed by atoms with van der Waals surface area (Å²) in [5.74, 6) is -0.684. The molecule has 1 aliphatic rings. The molecule has 0 radical (unpaired) electrons. The molecule has 1 aromatic heterocycles. The van der Waals surface area contributed by atoms with Crippen LogP contribution in [0, 0.1) is 5.92 Å². The summed E-state index contributed by atoms with van der Waals surface area (Å²) in [6, 6.07) is 7.03. The fourth-order valence-corrected chi connectivity index (χ4v) is 4.65. The number of halogens is 1. The van der Waals surface area contributed by atoms with Crippen molar-refractivity contribution in [3.05, 3.63) is 29.3 Å². The van der Waals surface area contributed by atoms with Gasteiger partial charge >= 0.3 is 0 Å². The van der Waals surface area contributed by atoms with Gasteiger partial charge in [-0.15, -0.1) is 10.2 Å². The first-order chi connectivity index (χ1) is 12.5. The molecule has 2 atom stereocenters. The summed E-state index contributed by atoms with van der Waals surface area (Å²) in [5, 5.41) is 12.4. The molecule has 0 aliphatic carbocycles. The molecule has 2 aromatic rings. The van der Waals surface area contributed by atoms with Crippen molar-refractivity contribution in [2.45, 2.75) is 36.3 Å². The summed E-state index contributed by atoms with van der Waals surface area (Å²) in [4.78, 5) is 26.4. The largest absolute Gasteiger partial charge is 0.312 e. The van der Waals surface area contributed by atoms with Crippen LogP contribution in [0.2, 0.25) is 5.02 Å². The lowest BCUT2D eigenvalue weighted by Gasteiger charge is -2.16. The number of nitrogens with zero attached hydrogens (tertiary/aromatic N) is 3. The number of rotatable bonds is 6. The lowest BCUT2D eigenvalue weighted by atomic mass is 10.1. The highest BCUT2D eigenvalue weighted by molar-refractivity contribution is 8.01. The number of carbonyl (C=O) groups excluding carboxylic acids is 2. The van der Waals surface area contributed by atoms with Crippen molar-refractivity contribution >= 4 is 57.3 Å². The fourth-order valence-electron chi connectivity index (χ4n) is 2.52. The second-order valence-corrected chi connectivity index (χ2v) is 9.18. The van der Waals surface area contributed by atoms with Crippen molar-refractivity contribution in [1.82, 2.24) is 10.2 Å². The molecule has 9 heteroatoms. The molecule has 2 amide bonds. The van der Waals surface area contributed by atoms with Crippen LogP contribution in [0.3, 0.4) is 0 Å². The molecule has 0 saturated carbocycles. The molecule has 2 heterocycles. The number of benzene rings is 1. The summed E-state index contributed by atoms with van der Waals surface area (Å²) < 4.78 is 0.833. The average molecular weight is 411 g/mol. The summed E-state index contributed by atoms with van der Waals surface area (Å²) in [5.41, 5.74) is 0.748. The average Bonchev–Trinajstić information content (AvgIpc) is 3.22. The Morgan fingerprint density at radius 3 is 2.85 bits per heavy atom. The maximum absolute atomic E-state index is 12.5. The molecule has 1 saturated heterocycles. The second-order valence-electron chi connectivity index (χ2n) is 6.08. The van der Waals surface area contributed by atoms with Gasteiger partial charge < -0.3 is 10.2 Å². The first-order valence-corrected chi connectivity index (χ1v) is 10.4. The smallest absolute Gasteiger partial charge is 0.231 e. The predicted molar refractivity (Wildman–Crippen MR) is 106 cm³/mol. The van der Waals surface area contributed by atoms with Gasteiger partial charge in [0.25, 0.3) is 0 Å². The van der Waals surface area contributed by atoms with Crippen molar-refractivity contribution in [2.75, 3.05) is 16.8 Å². The summed E-state index contributed by atoms with van der Waals surface area (Å²) in [6.07, 6.45) is 1.22. The second kappa shape index (κ2) is 8.37. The van der Waals surface area contributed by atoms with Crippen LogP contribution in [0.5, 0.6) is 0 Å². The highest BCUT2D eigenvalue weighted by Gasteiger charge is 2.35. The number of thioether (sulfide) groups is 1. The van der Waals surface area contributed by atoms with Crippen LogP contribution >= 0.6 is 34.7 Å². The van der Waals surface area contributed by atoms with Crippen LogP contribution in [0.4, 0.5) is 10.8 Å². The monoisotopic (exact) mass is 410 g/mol. The van der Waals surface area contributed by atoms with Gasteiger partial charge in [0.15, 0.2) is 4.34 Å². The predicted octanol–water partition coefficient (Wildman–Crippen LogP) is 4.07. The van der Waals surface area contributed by atoms with E-state index in [1.165, 1.54) is 11.3 Å². The molecule has 26 heavy (non-hydrogen) atoms. The summed E-state index contributed by atoms with van der Waals surface area (Å²) in [6.45, 7) is 4.59. The molecule has 1 aromatic carbocycles. The topological polar surface area (TPSA) is 75.2 Å². The van der Waals surface area contributed by atoms with Gasteiger partial charge in [-0.3, -0.25) is 9.59 Å². The molecular weight excluding hydrogens is 392 g/mol. The first kappa shape index (κ1) is 19.1. The molecule has 138 valence electrons. The maximum Gasteiger partial charge on any atom is 0.231 e. The number of hydrogen-bond donors (Lipinski definition) is 1. The van der Waals surface area contributed by atoms with Gasteiger partial charge in [0.1, 0.15) is 0 Å². The van der Waals surface area contributed by atoms with E-state index in [-0.39, 0.29) is 18.2 Å². The number of nitrogens with one attached hydrogen (secondary N) is 1. The molecule has 1 N–H and O–H groups in total. The zero-order valence-corrected chi connectivity index (χ0v) is 16.8. The van der Waals surface area contributed by atoms with Gasteiger partial charge in [-0.1, -0.05) is 48.5 Å². The Morgan fingerprint density at radius 1 is 1.42 bits per heavy atom. The van der Waals surface area contributed by atoms with E-state index >= 15 is 0 Å². The molecule has 0 spiro atoms. The number of hydrogen-bond acceptors (Lipinski definition) is 6. The highest BCUT2D eigenvalue weighted by Crippen LogP contribution is 2.31. The SMILES string of the molecule is CCC(C)Sc1nnc(NC(=O)C2CC(=O)N(c3ccc(Cl)cc3)C2)s1. The highest BCUT2D eigenvalue weighted by atomic mass is 35.5. The Morgan fingerprint density at radius 2 is 2.15 bits per heavy atom. The van der Waals surface area contributed by atoms with E-state index in [2.05, 4.69) is 29.4 Å². The van der Waals surface area contributed by atoms with E-state index in [1.807, 2.05) is 0 Å². The third-order valence-corrected chi connectivity index (χ3v) is 6.59. The number of amides is 2. The van der Waals surface area contributed by atoms with Crippen LogP contribution < -0.4 is 10.2 Å². The van der Waals surface area contributed by atoms with Crippen LogP contribution in [-0.2, 0) is 9.59 Å². The Labute approximate surface area is 165 Å². The van der Waals surface area contributed by atoms with Crippen molar-refractivity contribution in [2.24, 2.45) is 5.92 Å². The van der Waals surface area contributed by atoms with Gasteiger partial charge in [-0.05, 0) is 30.7 Å².